The van der Waals surface area contributed by atoms with Crippen molar-refractivity contribution in [1.29, 1.82) is 0 Å². The summed E-state index contributed by atoms with van der Waals surface area (Å²) in [6.45, 7) is 7.71. The number of ether oxygens (including phenoxy) is 1. The molecule has 1 N–H and O–H groups in total. The van der Waals surface area contributed by atoms with Crippen molar-refractivity contribution in [2.45, 2.75) is 52.2 Å². The predicted molar refractivity (Wildman–Crippen MR) is 80.1 cm³/mol. The number of nitrogens with zero attached hydrogens (tertiary/aromatic N) is 2. The number of nitrogens with one attached hydrogen (secondary N) is 1. The predicted octanol–water partition coefficient (Wildman–Crippen LogP) is 2.61. The van der Waals surface area contributed by atoms with Gasteiger partial charge in [0.15, 0.2) is 5.69 Å². The van der Waals surface area contributed by atoms with Crippen LogP contribution < -0.4 is 0 Å². The highest BCUT2D eigenvalue weighted by Crippen LogP contribution is 2.31. The minimum Gasteiger partial charge on any atom is -0.369 e. The molecule has 1 aromatic rings. The van der Waals surface area contributed by atoms with Crippen molar-refractivity contribution in [2.75, 3.05) is 13.1 Å². The fourth-order valence-electron chi connectivity index (χ4n) is 3.31. The van der Waals surface area contributed by atoms with E-state index in [2.05, 4.69) is 23.2 Å². The molecule has 0 spiro atoms. The van der Waals surface area contributed by atoms with Crippen LogP contribution in [0, 0.1) is 0 Å². The van der Waals surface area contributed by atoms with Crippen molar-refractivity contribution < 1.29 is 9.53 Å². The molecule has 1 fully saturated rings. The summed E-state index contributed by atoms with van der Waals surface area (Å²) in [5.74, 6) is 0.0494. The highest BCUT2D eigenvalue weighted by molar-refractivity contribution is 5.94. The zero-order valence-corrected chi connectivity index (χ0v) is 13.0. The van der Waals surface area contributed by atoms with Gasteiger partial charge in [-0.1, -0.05) is 18.6 Å². The molecule has 2 aliphatic rings. The number of rotatable bonds is 2. The molecule has 5 nitrogen and oxygen atoms in total. The molecule has 0 bridgehead atoms. The van der Waals surface area contributed by atoms with E-state index >= 15 is 0 Å². The first-order valence-corrected chi connectivity index (χ1v) is 7.80. The zero-order valence-electron chi connectivity index (χ0n) is 13.0. The molecule has 114 valence electrons. The van der Waals surface area contributed by atoms with Gasteiger partial charge in [0.25, 0.3) is 5.91 Å². The lowest BCUT2D eigenvalue weighted by molar-refractivity contribution is -0.00701. The Hall–Kier alpha value is -1.62. The molecule has 2 atom stereocenters. The molecule has 1 aromatic heterocycles. The third kappa shape index (κ3) is 2.62. The number of hydrogen-bond acceptors (Lipinski definition) is 3. The lowest BCUT2D eigenvalue weighted by Crippen LogP contribution is -2.30. The summed E-state index contributed by atoms with van der Waals surface area (Å²) >= 11 is 0. The highest BCUT2D eigenvalue weighted by Gasteiger charge is 2.32. The Kier molecular flexibility index (Phi) is 3.85. The van der Waals surface area contributed by atoms with Gasteiger partial charge in [0, 0.05) is 25.1 Å². The molecule has 0 saturated carbocycles. The van der Waals surface area contributed by atoms with Crippen LogP contribution in [0.1, 0.15) is 61.5 Å². The lowest BCUT2D eigenvalue weighted by atomic mass is 9.99. The van der Waals surface area contributed by atoms with E-state index in [1.807, 2.05) is 18.7 Å². The third-order valence-electron chi connectivity index (χ3n) is 4.31. The van der Waals surface area contributed by atoms with E-state index in [9.17, 15) is 4.79 Å². The van der Waals surface area contributed by atoms with Crippen molar-refractivity contribution in [3.8, 4) is 0 Å². The van der Waals surface area contributed by atoms with Crippen LogP contribution in [-0.2, 0) is 11.2 Å². The molecule has 5 heteroatoms. The first kappa shape index (κ1) is 14.3. The minimum atomic E-state index is -0.0214. The number of hydrogen-bond donors (Lipinski definition) is 1. The van der Waals surface area contributed by atoms with Gasteiger partial charge in [-0.05, 0) is 26.7 Å². The van der Waals surface area contributed by atoms with E-state index in [-0.39, 0.29) is 18.1 Å². The van der Waals surface area contributed by atoms with Gasteiger partial charge in [0.1, 0.15) is 0 Å². The van der Waals surface area contributed by atoms with Crippen molar-refractivity contribution >= 4 is 5.91 Å². The van der Waals surface area contributed by atoms with E-state index in [4.69, 9.17) is 4.74 Å². The Morgan fingerprint density at radius 1 is 1.52 bits per heavy atom. The average Bonchev–Trinajstić information content (AvgIpc) is 3.05. The molecule has 2 aliphatic heterocycles. The van der Waals surface area contributed by atoms with E-state index in [0.717, 1.165) is 43.6 Å². The normalized spacial score (nSPS) is 27.2. The summed E-state index contributed by atoms with van der Waals surface area (Å²) in [5.41, 5.74) is 3.95. The number of amides is 1. The van der Waals surface area contributed by atoms with Gasteiger partial charge >= 0.3 is 0 Å². The van der Waals surface area contributed by atoms with Crippen molar-refractivity contribution in [3.63, 3.8) is 0 Å². The Morgan fingerprint density at radius 2 is 2.33 bits per heavy atom. The topological polar surface area (TPSA) is 58.2 Å². The molecule has 3 heterocycles. The summed E-state index contributed by atoms with van der Waals surface area (Å²) < 4.78 is 5.77. The van der Waals surface area contributed by atoms with Crippen LogP contribution in [0.2, 0.25) is 0 Å². The largest absolute Gasteiger partial charge is 0.369 e. The van der Waals surface area contributed by atoms with Crippen LogP contribution in [0.25, 0.3) is 0 Å². The summed E-state index contributed by atoms with van der Waals surface area (Å²) in [5, 5.41) is 7.28. The fraction of sp³-hybridized carbons (Fsp3) is 0.625. The Bertz CT molecular complexity index is 576. The number of aromatic nitrogens is 2. The van der Waals surface area contributed by atoms with E-state index in [1.54, 1.807) is 0 Å². The molecule has 0 radical (unpaired) electrons. The number of likely N-dealkylation sites (tertiary alicyclic amines) is 1. The second-order valence-electron chi connectivity index (χ2n) is 6.00. The van der Waals surface area contributed by atoms with Crippen molar-refractivity contribution in [3.05, 3.63) is 28.6 Å². The molecule has 1 saturated heterocycles. The first-order valence-electron chi connectivity index (χ1n) is 7.80. The second kappa shape index (κ2) is 5.64. The van der Waals surface area contributed by atoms with Crippen LogP contribution in [0.4, 0.5) is 0 Å². The second-order valence-corrected chi connectivity index (χ2v) is 6.00. The van der Waals surface area contributed by atoms with E-state index in [1.165, 1.54) is 5.57 Å². The highest BCUT2D eigenvalue weighted by atomic mass is 16.5. The first-order chi connectivity index (χ1) is 10.1. The molecular formula is C16H23N3O2. The number of fused-ring (bicyclic) bond motifs is 1. The Balaban J connectivity index is 1.82. The maximum Gasteiger partial charge on any atom is 0.274 e. The molecular weight excluding hydrogens is 266 g/mol. The molecule has 3 rings (SSSR count). The van der Waals surface area contributed by atoms with Gasteiger partial charge in [-0.3, -0.25) is 9.89 Å². The van der Waals surface area contributed by atoms with Crippen molar-refractivity contribution in [2.24, 2.45) is 0 Å². The monoisotopic (exact) mass is 289 g/mol. The number of carbonyl (C=O) groups is 1. The molecule has 21 heavy (non-hydrogen) atoms. The van der Waals surface area contributed by atoms with Crippen LogP contribution in [0.5, 0.6) is 0 Å². The number of H-pyrrole nitrogens is 1. The quantitative estimate of drug-likeness (QED) is 0.851. The number of aromatic amines is 1. The Labute approximate surface area is 125 Å². The van der Waals surface area contributed by atoms with Gasteiger partial charge in [-0.25, -0.2) is 0 Å². The maximum absolute atomic E-state index is 12.7. The van der Waals surface area contributed by atoms with Gasteiger partial charge in [0.2, 0.25) is 0 Å². The summed E-state index contributed by atoms with van der Waals surface area (Å²) in [7, 11) is 0. The van der Waals surface area contributed by atoms with Gasteiger partial charge in [-0.15, -0.1) is 0 Å². The van der Waals surface area contributed by atoms with Gasteiger partial charge in [0.05, 0.1) is 17.9 Å². The lowest BCUT2D eigenvalue weighted by Gasteiger charge is -2.25. The molecule has 0 aromatic carbocycles. The average molecular weight is 289 g/mol. The minimum absolute atomic E-state index is 0.0214. The Morgan fingerprint density at radius 3 is 3.10 bits per heavy atom. The van der Waals surface area contributed by atoms with Crippen LogP contribution >= 0.6 is 0 Å². The van der Waals surface area contributed by atoms with Crippen LogP contribution in [0.3, 0.4) is 0 Å². The fourth-order valence-corrected chi connectivity index (χ4v) is 3.31. The van der Waals surface area contributed by atoms with Crippen molar-refractivity contribution in [1.82, 2.24) is 15.1 Å². The van der Waals surface area contributed by atoms with E-state index in [0.29, 0.717) is 5.69 Å². The number of carbonyl (C=O) groups excluding carboxylic acids is 1. The smallest absolute Gasteiger partial charge is 0.274 e. The summed E-state index contributed by atoms with van der Waals surface area (Å²) in [6.07, 6.45) is 5.11. The molecule has 0 unspecified atom stereocenters. The van der Waals surface area contributed by atoms with Gasteiger partial charge < -0.3 is 9.64 Å². The van der Waals surface area contributed by atoms with Crippen LogP contribution in [0.15, 0.2) is 11.6 Å². The van der Waals surface area contributed by atoms with Crippen LogP contribution in [-0.4, -0.2) is 40.2 Å². The number of allylic oxidation sites excluding steroid dienone is 1. The third-order valence-corrected chi connectivity index (χ3v) is 4.31. The summed E-state index contributed by atoms with van der Waals surface area (Å²) in [6, 6.07) is 0. The van der Waals surface area contributed by atoms with E-state index < -0.39 is 0 Å². The van der Waals surface area contributed by atoms with Gasteiger partial charge in [-0.2, -0.15) is 5.10 Å². The molecule has 0 aliphatic carbocycles. The summed E-state index contributed by atoms with van der Waals surface area (Å²) in [4.78, 5) is 14.6. The molecule has 1 amide bonds. The SMILES string of the molecule is CC/C=C1/CCN(C(=O)c2n[nH]c3c2C[C@H](C)O[C@@H]3C)C1. The zero-order chi connectivity index (χ0) is 15.0. The standard InChI is InChI=1S/C16H23N3O2/c1-4-5-12-6-7-19(9-12)16(20)15-13-8-10(2)21-11(3)14(13)17-18-15/h5,10-11H,4,6-9H2,1-3H3,(H,17,18)/b12-5-/t10-,11+/m0/s1. The maximum atomic E-state index is 12.7.